The van der Waals surface area contributed by atoms with E-state index in [1.807, 2.05) is 48.7 Å². The van der Waals surface area contributed by atoms with E-state index in [2.05, 4.69) is 41.0 Å². The van der Waals surface area contributed by atoms with E-state index >= 15 is 0 Å². The molecule has 4 heterocycles. The Hall–Kier alpha value is -4.15. The van der Waals surface area contributed by atoms with Crippen molar-refractivity contribution in [1.29, 1.82) is 0 Å². The van der Waals surface area contributed by atoms with Gasteiger partial charge in [0.2, 0.25) is 5.91 Å². The predicted octanol–water partition coefficient (Wildman–Crippen LogP) is 1.49. The molecule has 1 aliphatic rings. The van der Waals surface area contributed by atoms with Crippen LogP contribution >= 0.6 is 0 Å². The number of carbonyl (C=O) groups excluding carboxylic acids is 1. The molecule has 0 unspecified atom stereocenters. The molecule has 0 radical (unpaired) electrons. The summed E-state index contributed by atoms with van der Waals surface area (Å²) < 4.78 is 3.23. The van der Waals surface area contributed by atoms with Crippen LogP contribution in [0, 0.1) is 5.92 Å². The molecular weight excluding hydrogens is 396 g/mol. The van der Waals surface area contributed by atoms with E-state index in [9.17, 15) is 4.79 Å². The van der Waals surface area contributed by atoms with Gasteiger partial charge in [-0.15, -0.1) is 15.3 Å². The molecule has 31 heavy (non-hydrogen) atoms. The second-order valence-corrected chi connectivity index (χ2v) is 7.25. The normalized spacial score (nSPS) is 14.5. The van der Waals surface area contributed by atoms with E-state index in [1.165, 1.54) is 6.33 Å². The van der Waals surface area contributed by atoms with Crippen LogP contribution in [0.1, 0.15) is 12.8 Å². The Balaban J connectivity index is 1.15. The van der Waals surface area contributed by atoms with Crippen LogP contribution in [-0.4, -0.2) is 59.2 Å². The highest BCUT2D eigenvalue weighted by atomic mass is 16.1. The Labute approximate surface area is 177 Å². The van der Waals surface area contributed by atoms with Crippen LogP contribution in [0.3, 0.4) is 0 Å². The molecule has 1 aliphatic heterocycles. The van der Waals surface area contributed by atoms with E-state index in [-0.39, 0.29) is 11.8 Å². The maximum absolute atomic E-state index is 12.7. The number of anilines is 2. The molecule has 0 saturated carbocycles. The molecule has 156 valence electrons. The van der Waals surface area contributed by atoms with Crippen molar-refractivity contribution in [1.82, 2.24) is 40.2 Å². The van der Waals surface area contributed by atoms with Crippen LogP contribution in [0.5, 0.6) is 0 Å². The van der Waals surface area contributed by atoms with E-state index < -0.39 is 0 Å². The van der Waals surface area contributed by atoms with Crippen molar-refractivity contribution < 1.29 is 4.79 Å². The lowest BCUT2D eigenvalue weighted by atomic mass is 9.96. The number of amides is 1. The van der Waals surface area contributed by atoms with Crippen LogP contribution in [0.4, 0.5) is 11.5 Å². The van der Waals surface area contributed by atoms with Crippen LogP contribution < -0.4 is 10.2 Å². The van der Waals surface area contributed by atoms with Gasteiger partial charge < -0.3 is 10.2 Å². The molecule has 1 amide bonds. The summed E-state index contributed by atoms with van der Waals surface area (Å²) in [6.07, 6.45) is 6.58. The lowest BCUT2D eigenvalue weighted by Gasteiger charge is -2.31. The number of hydrogen-bond donors (Lipinski definition) is 1. The molecule has 3 aromatic heterocycles. The van der Waals surface area contributed by atoms with Gasteiger partial charge >= 0.3 is 0 Å². The zero-order valence-electron chi connectivity index (χ0n) is 16.6. The zero-order chi connectivity index (χ0) is 21.0. The summed E-state index contributed by atoms with van der Waals surface area (Å²) in [6, 6.07) is 13.1. The molecule has 1 aromatic carbocycles. The summed E-state index contributed by atoms with van der Waals surface area (Å²) in [4.78, 5) is 14.9. The van der Waals surface area contributed by atoms with Crippen molar-refractivity contribution in [2.24, 2.45) is 5.92 Å². The van der Waals surface area contributed by atoms with E-state index in [1.54, 1.807) is 15.6 Å². The summed E-state index contributed by atoms with van der Waals surface area (Å²) in [6.45, 7) is 1.51. The number of aromatic nitrogens is 8. The fraction of sp³-hybridized carbons (Fsp3) is 0.250. The van der Waals surface area contributed by atoms with Crippen molar-refractivity contribution >= 4 is 17.4 Å². The summed E-state index contributed by atoms with van der Waals surface area (Å²) >= 11 is 0. The number of nitrogens with zero attached hydrogens (tertiary/aromatic N) is 9. The third-order valence-corrected chi connectivity index (χ3v) is 5.31. The van der Waals surface area contributed by atoms with Gasteiger partial charge in [0.05, 0.1) is 5.69 Å². The molecular formula is C20H20N10O. The molecule has 0 spiro atoms. The number of tetrazole rings is 1. The minimum absolute atomic E-state index is 0.0354. The SMILES string of the molecule is O=C(Nc1ccc(-n2cnnn2)cc1)C1CCN(c2ccc(-n3cccn3)nn2)CC1. The topological polar surface area (TPSA) is 120 Å². The Bertz CT molecular complexity index is 1120. The number of benzene rings is 1. The number of hydrogen-bond acceptors (Lipinski definition) is 8. The van der Waals surface area contributed by atoms with Gasteiger partial charge in [-0.25, -0.2) is 9.36 Å². The minimum atomic E-state index is -0.0354. The number of nitrogens with one attached hydrogen (secondary N) is 1. The van der Waals surface area contributed by atoms with Crippen molar-refractivity contribution in [3.05, 3.63) is 61.2 Å². The van der Waals surface area contributed by atoms with Crippen molar-refractivity contribution in [3.63, 3.8) is 0 Å². The highest BCUT2D eigenvalue weighted by Crippen LogP contribution is 2.23. The van der Waals surface area contributed by atoms with Crippen molar-refractivity contribution in [2.45, 2.75) is 12.8 Å². The third kappa shape index (κ3) is 4.10. The first-order chi connectivity index (χ1) is 15.3. The van der Waals surface area contributed by atoms with Crippen molar-refractivity contribution in [2.75, 3.05) is 23.3 Å². The molecule has 11 heteroatoms. The third-order valence-electron chi connectivity index (χ3n) is 5.31. The lowest BCUT2D eigenvalue weighted by molar-refractivity contribution is -0.120. The van der Waals surface area contributed by atoms with Crippen molar-refractivity contribution in [3.8, 4) is 11.5 Å². The summed E-state index contributed by atoms with van der Waals surface area (Å²) in [7, 11) is 0. The van der Waals surface area contributed by atoms with Crippen LogP contribution in [0.25, 0.3) is 11.5 Å². The minimum Gasteiger partial charge on any atom is -0.355 e. The van der Waals surface area contributed by atoms with Crippen LogP contribution in [0.15, 0.2) is 61.2 Å². The molecule has 0 bridgehead atoms. The quantitative estimate of drug-likeness (QED) is 0.520. The van der Waals surface area contributed by atoms with E-state index in [0.717, 1.165) is 43.1 Å². The van der Waals surface area contributed by atoms with E-state index in [4.69, 9.17) is 0 Å². The first-order valence-corrected chi connectivity index (χ1v) is 9.99. The van der Waals surface area contributed by atoms with Gasteiger partial charge in [-0.1, -0.05) is 0 Å². The van der Waals surface area contributed by atoms with Crippen LogP contribution in [-0.2, 0) is 4.79 Å². The molecule has 5 rings (SSSR count). The maximum atomic E-state index is 12.7. The maximum Gasteiger partial charge on any atom is 0.227 e. The highest BCUT2D eigenvalue weighted by Gasteiger charge is 2.26. The Morgan fingerprint density at radius 3 is 2.39 bits per heavy atom. The molecule has 1 N–H and O–H groups in total. The molecule has 1 fully saturated rings. The van der Waals surface area contributed by atoms with Gasteiger partial charge in [0, 0.05) is 37.1 Å². The van der Waals surface area contributed by atoms with Gasteiger partial charge in [0.1, 0.15) is 6.33 Å². The summed E-state index contributed by atoms with van der Waals surface area (Å²) in [5.41, 5.74) is 1.58. The first-order valence-electron chi connectivity index (χ1n) is 9.99. The first kappa shape index (κ1) is 18.9. The highest BCUT2D eigenvalue weighted by molar-refractivity contribution is 5.92. The van der Waals surface area contributed by atoms with Gasteiger partial charge in [-0.2, -0.15) is 5.10 Å². The summed E-state index contributed by atoms with van der Waals surface area (Å²) in [5.74, 6) is 1.49. The molecule has 4 aromatic rings. The van der Waals surface area contributed by atoms with Gasteiger partial charge in [0.15, 0.2) is 11.6 Å². The second kappa shape index (κ2) is 8.30. The monoisotopic (exact) mass is 416 g/mol. The zero-order valence-corrected chi connectivity index (χ0v) is 16.6. The average Bonchev–Trinajstić information content (AvgIpc) is 3.55. The number of piperidine rings is 1. The lowest BCUT2D eigenvalue weighted by Crippen LogP contribution is -2.38. The number of rotatable bonds is 5. The van der Waals surface area contributed by atoms with Gasteiger partial charge in [-0.3, -0.25) is 4.79 Å². The molecule has 0 atom stereocenters. The Morgan fingerprint density at radius 1 is 0.968 bits per heavy atom. The van der Waals surface area contributed by atoms with Gasteiger partial charge in [-0.05, 0) is 65.7 Å². The predicted molar refractivity (Wildman–Crippen MR) is 112 cm³/mol. The molecule has 1 saturated heterocycles. The van der Waals surface area contributed by atoms with Crippen LogP contribution in [0.2, 0.25) is 0 Å². The largest absolute Gasteiger partial charge is 0.355 e. The average molecular weight is 416 g/mol. The second-order valence-electron chi connectivity index (χ2n) is 7.25. The smallest absolute Gasteiger partial charge is 0.227 e. The fourth-order valence-corrected chi connectivity index (χ4v) is 3.61. The molecule has 11 nitrogen and oxygen atoms in total. The van der Waals surface area contributed by atoms with E-state index in [0.29, 0.717) is 5.82 Å². The molecule has 0 aliphatic carbocycles. The Morgan fingerprint density at radius 2 is 1.74 bits per heavy atom. The number of carbonyl (C=O) groups is 1. The fourth-order valence-electron chi connectivity index (χ4n) is 3.61. The standard InChI is InChI=1S/C20H20N10O/c31-20(23-16-2-4-17(5-3-16)30-14-21-26-27-30)15-8-12-28(13-9-15)18-6-7-19(25-24-18)29-11-1-10-22-29/h1-7,10-11,14-15H,8-9,12-13H2,(H,23,31). The summed E-state index contributed by atoms with van der Waals surface area (Å²) in [5, 5.41) is 26.8. The Kier molecular flexibility index (Phi) is 5.05. The van der Waals surface area contributed by atoms with Gasteiger partial charge in [0.25, 0.3) is 0 Å².